The van der Waals surface area contributed by atoms with Crippen LogP contribution in [0.1, 0.15) is 23.6 Å². The first-order valence-corrected chi connectivity index (χ1v) is 12.6. The molecule has 2 heterocycles. The second kappa shape index (κ2) is 12.3. The summed E-state index contributed by atoms with van der Waals surface area (Å²) in [4.78, 5) is 0. The lowest BCUT2D eigenvalue weighted by Gasteiger charge is -2.42. The highest BCUT2D eigenvalue weighted by molar-refractivity contribution is 5.15. The van der Waals surface area contributed by atoms with Crippen LogP contribution in [0.4, 0.5) is 0 Å². The van der Waals surface area contributed by atoms with Crippen LogP contribution in [0.15, 0.2) is 91.0 Å². The Morgan fingerprint density at radius 2 is 1.19 bits per heavy atom. The minimum atomic E-state index is -1.24. The zero-order valence-corrected chi connectivity index (χ0v) is 21.2. The molecule has 37 heavy (non-hydrogen) atoms. The van der Waals surface area contributed by atoms with Crippen molar-refractivity contribution in [1.82, 2.24) is 0 Å². The van der Waals surface area contributed by atoms with Crippen LogP contribution < -0.4 is 0 Å². The van der Waals surface area contributed by atoms with Crippen molar-refractivity contribution in [2.75, 3.05) is 13.7 Å². The van der Waals surface area contributed by atoms with E-state index in [4.69, 9.17) is 33.2 Å². The van der Waals surface area contributed by atoms with Gasteiger partial charge in [-0.05, 0) is 16.7 Å². The molecule has 3 aromatic carbocycles. The Kier molecular flexibility index (Phi) is 8.63. The summed E-state index contributed by atoms with van der Waals surface area (Å²) in [5.74, 6) is -1.24. The lowest BCUT2D eigenvalue weighted by molar-refractivity contribution is -0.334. The van der Waals surface area contributed by atoms with E-state index in [9.17, 15) is 0 Å². The van der Waals surface area contributed by atoms with Crippen LogP contribution in [0.25, 0.3) is 0 Å². The van der Waals surface area contributed by atoms with E-state index in [-0.39, 0.29) is 0 Å². The maximum atomic E-state index is 6.50. The zero-order valence-electron chi connectivity index (χ0n) is 21.2. The van der Waals surface area contributed by atoms with Crippen molar-refractivity contribution >= 4 is 0 Å². The minimum absolute atomic E-state index is 0.301. The molecule has 0 amide bonds. The van der Waals surface area contributed by atoms with E-state index in [1.165, 1.54) is 0 Å². The number of methoxy groups -OCH3 is 1. The molecule has 2 aliphatic rings. The Balaban J connectivity index is 1.36. The van der Waals surface area contributed by atoms with Crippen LogP contribution in [0.3, 0.4) is 0 Å². The number of rotatable bonds is 11. The van der Waals surface area contributed by atoms with E-state index in [0.29, 0.717) is 26.4 Å². The summed E-state index contributed by atoms with van der Waals surface area (Å²) in [5, 5.41) is 0. The summed E-state index contributed by atoms with van der Waals surface area (Å²) in [6.07, 6.45) is -2.63. The average molecular weight is 507 g/mol. The number of fused-ring (bicyclic) bond motifs is 1. The van der Waals surface area contributed by atoms with Gasteiger partial charge in [0, 0.05) is 14.0 Å². The van der Waals surface area contributed by atoms with Gasteiger partial charge in [-0.15, -0.1) is 0 Å². The molecule has 2 fully saturated rings. The predicted molar refractivity (Wildman–Crippen MR) is 136 cm³/mol. The maximum Gasteiger partial charge on any atom is 0.282 e. The largest absolute Gasteiger partial charge is 0.374 e. The lowest BCUT2D eigenvalue weighted by atomic mass is 9.98. The van der Waals surface area contributed by atoms with Gasteiger partial charge < -0.3 is 28.4 Å². The van der Waals surface area contributed by atoms with Gasteiger partial charge in [-0.2, -0.15) is 0 Å². The van der Waals surface area contributed by atoms with E-state index in [0.717, 1.165) is 16.7 Å². The third-order valence-electron chi connectivity index (χ3n) is 6.61. The van der Waals surface area contributed by atoms with Gasteiger partial charge in [0.05, 0.1) is 26.4 Å². The fourth-order valence-electron chi connectivity index (χ4n) is 4.61. The molecule has 3 aromatic rings. The molecule has 6 atom stereocenters. The summed E-state index contributed by atoms with van der Waals surface area (Å²) in [6, 6.07) is 30.1. The number of hydrogen-bond acceptors (Lipinski definition) is 7. The average Bonchev–Trinajstić information content (AvgIpc) is 3.29. The van der Waals surface area contributed by atoms with Crippen LogP contribution in [-0.2, 0) is 53.0 Å². The Labute approximate surface area is 218 Å². The van der Waals surface area contributed by atoms with E-state index < -0.39 is 36.7 Å². The molecule has 0 aromatic heterocycles. The molecular formula is C30H34O7. The molecule has 196 valence electrons. The van der Waals surface area contributed by atoms with Gasteiger partial charge in [0.2, 0.25) is 0 Å². The van der Waals surface area contributed by atoms with E-state index in [2.05, 4.69) is 0 Å². The molecule has 7 nitrogen and oxygen atoms in total. The third-order valence-corrected chi connectivity index (χ3v) is 6.61. The summed E-state index contributed by atoms with van der Waals surface area (Å²) < 4.78 is 43.2. The Bertz CT molecular complexity index is 1080. The van der Waals surface area contributed by atoms with Crippen molar-refractivity contribution in [2.24, 2.45) is 0 Å². The van der Waals surface area contributed by atoms with Crippen molar-refractivity contribution in [3.8, 4) is 0 Å². The van der Waals surface area contributed by atoms with E-state index >= 15 is 0 Å². The molecule has 2 saturated heterocycles. The smallest absolute Gasteiger partial charge is 0.282 e. The van der Waals surface area contributed by atoms with Crippen LogP contribution in [0, 0.1) is 0 Å². The second-order valence-electron chi connectivity index (χ2n) is 9.33. The third kappa shape index (κ3) is 6.64. The highest BCUT2D eigenvalue weighted by Crippen LogP contribution is 2.39. The van der Waals surface area contributed by atoms with Crippen molar-refractivity contribution < 1.29 is 33.2 Å². The first-order chi connectivity index (χ1) is 18.1. The van der Waals surface area contributed by atoms with Crippen molar-refractivity contribution in [3.63, 3.8) is 0 Å². The van der Waals surface area contributed by atoms with E-state index in [1.807, 2.05) is 91.0 Å². The second-order valence-corrected chi connectivity index (χ2v) is 9.33. The van der Waals surface area contributed by atoms with Gasteiger partial charge in [0.15, 0.2) is 6.29 Å². The molecule has 0 unspecified atom stereocenters. The fourth-order valence-corrected chi connectivity index (χ4v) is 4.61. The number of hydrogen-bond donors (Lipinski definition) is 0. The fraction of sp³-hybridized carbons (Fsp3) is 0.400. The van der Waals surface area contributed by atoms with Gasteiger partial charge in [0.1, 0.15) is 24.4 Å². The van der Waals surface area contributed by atoms with Crippen molar-refractivity contribution in [3.05, 3.63) is 108 Å². The normalized spacial score (nSPS) is 29.2. The summed E-state index contributed by atoms with van der Waals surface area (Å²) in [5.41, 5.74) is 3.19. The van der Waals surface area contributed by atoms with Gasteiger partial charge in [-0.1, -0.05) is 91.0 Å². The monoisotopic (exact) mass is 506 g/mol. The molecular weight excluding hydrogens is 472 g/mol. The molecule has 0 radical (unpaired) electrons. The molecule has 0 N–H and O–H groups in total. The first kappa shape index (κ1) is 26.0. The predicted octanol–water partition coefficient (Wildman–Crippen LogP) is 4.83. The van der Waals surface area contributed by atoms with Gasteiger partial charge >= 0.3 is 0 Å². The maximum absolute atomic E-state index is 6.50. The van der Waals surface area contributed by atoms with Crippen molar-refractivity contribution in [1.29, 1.82) is 0 Å². The Morgan fingerprint density at radius 1 is 0.676 bits per heavy atom. The Hall–Kier alpha value is -2.62. The molecule has 0 saturated carbocycles. The SMILES string of the molecule is CO[C@]1(C)O[C@@H]2O[C@H](COCc3ccccc3)[C@@H](OCc3ccccc3)[C@H](OCc3ccccc3)[C@@H]2O1. The summed E-state index contributed by atoms with van der Waals surface area (Å²) in [6.45, 7) is 3.28. The van der Waals surface area contributed by atoms with E-state index in [1.54, 1.807) is 14.0 Å². The standard InChI is InChI=1S/C30H34O7/c1-30(31-2)36-28-27(34-20-24-16-10-5-11-17-24)26(33-19-23-14-8-4-9-15-23)25(35-29(28)37-30)21-32-18-22-12-6-3-7-13-22/h3-17,25-29H,18-21H2,1-2H3/t25-,26-,27+,28+,29+,30+/m1/s1. The topological polar surface area (TPSA) is 64.6 Å². The lowest BCUT2D eigenvalue weighted by Crippen LogP contribution is -2.59. The van der Waals surface area contributed by atoms with Gasteiger partial charge in [-0.25, -0.2) is 0 Å². The molecule has 5 rings (SSSR count). The quantitative estimate of drug-likeness (QED) is 0.369. The number of ether oxygens (including phenoxy) is 7. The molecule has 0 spiro atoms. The van der Waals surface area contributed by atoms with Crippen LogP contribution in [0.2, 0.25) is 0 Å². The summed E-state index contributed by atoms with van der Waals surface area (Å²) in [7, 11) is 1.54. The molecule has 2 aliphatic heterocycles. The van der Waals surface area contributed by atoms with Crippen LogP contribution >= 0.6 is 0 Å². The Morgan fingerprint density at radius 3 is 1.73 bits per heavy atom. The molecule has 0 aliphatic carbocycles. The zero-order chi connectivity index (χ0) is 25.5. The minimum Gasteiger partial charge on any atom is -0.374 e. The number of benzene rings is 3. The molecule has 7 heteroatoms. The first-order valence-electron chi connectivity index (χ1n) is 12.6. The van der Waals surface area contributed by atoms with Gasteiger partial charge in [-0.3, -0.25) is 4.74 Å². The van der Waals surface area contributed by atoms with Crippen LogP contribution in [-0.4, -0.2) is 50.4 Å². The highest BCUT2D eigenvalue weighted by atomic mass is 16.9. The van der Waals surface area contributed by atoms with Crippen molar-refractivity contribution in [2.45, 2.75) is 63.4 Å². The van der Waals surface area contributed by atoms with Gasteiger partial charge in [0.25, 0.3) is 5.97 Å². The van der Waals surface area contributed by atoms with Crippen LogP contribution in [0.5, 0.6) is 0 Å². The highest BCUT2D eigenvalue weighted by Gasteiger charge is 2.57. The molecule has 0 bridgehead atoms. The summed E-state index contributed by atoms with van der Waals surface area (Å²) >= 11 is 0.